The van der Waals surface area contributed by atoms with Crippen LogP contribution in [0.1, 0.15) is 10.4 Å². The first-order chi connectivity index (χ1) is 10.8. The quantitative estimate of drug-likeness (QED) is 0.701. The van der Waals surface area contributed by atoms with E-state index in [4.69, 9.17) is 0 Å². The third kappa shape index (κ3) is 3.37. The molecule has 0 aliphatic rings. The molecule has 22 heavy (non-hydrogen) atoms. The van der Waals surface area contributed by atoms with Crippen molar-refractivity contribution in [2.45, 2.75) is 4.90 Å². The first kappa shape index (κ1) is 14.8. The van der Waals surface area contributed by atoms with Crippen molar-refractivity contribution in [3.05, 3.63) is 65.0 Å². The lowest BCUT2D eigenvalue weighted by Gasteiger charge is -2.07. The van der Waals surface area contributed by atoms with E-state index in [-0.39, 0.29) is 5.91 Å². The molecule has 0 unspecified atom stereocenters. The normalized spacial score (nSPS) is 10.4. The molecule has 1 N–H and O–H groups in total. The molecular formula is C17H14N2OS2. The lowest BCUT2D eigenvalue weighted by molar-refractivity contribution is 0.102. The van der Waals surface area contributed by atoms with Gasteiger partial charge in [0.2, 0.25) is 0 Å². The number of anilines is 1. The van der Waals surface area contributed by atoms with Crippen LogP contribution in [0.2, 0.25) is 0 Å². The van der Waals surface area contributed by atoms with Gasteiger partial charge in [0.05, 0.1) is 11.2 Å². The number of aromatic nitrogens is 1. The molecule has 0 saturated carbocycles. The van der Waals surface area contributed by atoms with E-state index in [9.17, 15) is 4.79 Å². The van der Waals surface area contributed by atoms with Crippen molar-refractivity contribution in [2.24, 2.45) is 0 Å². The predicted octanol–water partition coefficient (Wildman–Crippen LogP) is 4.78. The second kappa shape index (κ2) is 6.77. The Bertz CT molecular complexity index is 768. The number of rotatable bonds is 4. The molecule has 3 rings (SSSR count). The third-order valence-electron chi connectivity index (χ3n) is 3.20. The summed E-state index contributed by atoms with van der Waals surface area (Å²) >= 11 is 3.22. The summed E-state index contributed by atoms with van der Waals surface area (Å²) in [6.45, 7) is 0. The molecular weight excluding hydrogens is 312 g/mol. The predicted molar refractivity (Wildman–Crippen MR) is 93.7 cm³/mol. The SMILES string of the molecule is CSc1ccc(NC(=O)c2cccc(-c3cscn3)c2)cc1. The second-order valence-corrected chi connectivity index (χ2v) is 6.24. The highest BCUT2D eigenvalue weighted by atomic mass is 32.2. The summed E-state index contributed by atoms with van der Waals surface area (Å²) in [5, 5.41) is 4.89. The summed E-state index contributed by atoms with van der Waals surface area (Å²) in [7, 11) is 0. The highest BCUT2D eigenvalue weighted by Gasteiger charge is 2.08. The fourth-order valence-electron chi connectivity index (χ4n) is 2.05. The van der Waals surface area contributed by atoms with Gasteiger partial charge in [0, 0.05) is 27.1 Å². The smallest absolute Gasteiger partial charge is 0.255 e. The summed E-state index contributed by atoms with van der Waals surface area (Å²) in [5.74, 6) is -0.117. The zero-order chi connectivity index (χ0) is 15.4. The summed E-state index contributed by atoms with van der Waals surface area (Å²) < 4.78 is 0. The number of hydrogen-bond donors (Lipinski definition) is 1. The van der Waals surface area contributed by atoms with Crippen molar-refractivity contribution in [2.75, 3.05) is 11.6 Å². The Hall–Kier alpha value is -2.11. The molecule has 0 aliphatic heterocycles. The maximum atomic E-state index is 12.4. The van der Waals surface area contributed by atoms with Crippen LogP contribution >= 0.6 is 23.1 Å². The van der Waals surface area contributed by atoms with E-state index < -0.39 is 0 Å². The molecule has 3 nitrogen and oxygen atoms in total. The largest absolute Gasteiger partial charge is 0.322 e. The lowest BCUT2D eigenvalue weighted by atomic mass is 10.1. The van der Waals surface area contributed by atoms with Crippen LogP contribution in [-0.4, -0.2) is 17.1 Å². The van der Waals surface area contributed by atoms with Crippen molar-refractivity contribution in [3.63, 3.8) is 0 Å². The van der Waals surface area contributed by atoms with Crippen LogP contribution in [0.4, 0.5) is 5.69 Å². The average molecular weight is 326 g/mol. The molecule has 3 aromatic rings. The fraction of sp³-hybridized carbons (Fsp3) is 0.0588. The first-order valence-corrected chi connectivity index (χ1v) is 8.87. The van der Waals surface area contributed by atoms with Gasteiger partial charge in [-0.05, 0) is 42.7 Å². The van der Waals surface area contributed by atoms with E-state index in [2.05, 4.69) is 10.3 Å². The van der Waals surface area contributed by atoms with Gasteiger partial charge in [-0.1, -0.05) is 12.1 Å². The summed E-state index contributed by atoms with van der Waals surface area (Å²) in [5.41, 5.74) is 5.05. The summed E-state index contributed by atoms with van der Waals surface area (Å²) in [6.07, 6.45) is 2.03. The molecule has 0 atom stereocenters. The number of amides is 1. The van der Waals surface area contributed by atoms with Crippen molar-refractivity contribution < 1.29 is 4.79 Å². The zero-order valence-corrected chi connectivity index (χ0v) is 13.6. The van der Waals surface area contributed by atoms with E-state index in [1.54, 1.807) is 28.6 Å². The highest BCUT2D eigenvalue weighted by Crippen LogP contribution is 2.21. The fourth-order valence-corrected chi connectivity index (χ4v) is 3.02. The van der Waals surface area contributed by atoms with E-state index in [0.29, 0.717) is 5.56 Å². The summed E-state index contributed by atoms with van der Waals surface area (Å²) in [4.78, 5) is 17.8. The topological polar surface area (TPSA) is 42.0 Å². The minimum absolute atomic E-state index is 0.117. The van der Waals surface area contributed by atoms with Gasteiger partial charge >= 0.3 is 0 Å². The Kier molecular flexibility index (Phi) is 4.56. The molecule has 0 spiro atoms. The van der Waals surface area contributed by atoms with Gasteiger partial charge in [0.25, 0.3) is 5.91 Å². The first-order valence-electron chi connectivity index (χ1n) is 6.70. The number of carbonyl (C=O) groups is 1. The maximum absolute atomic E-state index is 12.4. The van der Waals surface area contributed by atoms with Gasteiger partial charge in [0.15, 0.2) is 0 Å². The van der Waals surface area contributed by atoms with Crippen molar-refractivity contribution in [3.8, 4) is 11.3 Å². The van der Waals surface area contributed by atoms with Crippen molar-refractivity contribution in [1.29, 1.82) is 0 Å². The second-order valence-electron chi connectivity index (χ2n) is 4.64. The van der Waals surface area contributed by atoms with Crippen LogP contribution in [0.5, 0.6) is 0 Å². The number of benzene rings is 2. The molecule has 0 bridgehead atoms. The number of thioether (sulfide) groups is 1. The summed E-state index contributed by atoms with van der Waals surface area (Å²) in [6, 6.07) is 15.3. The molecule has 0 radical (unpaired) electrons. The zero-order valence-electron chi connectivity index (χ0n) is 11.9. The van der Waals surface area contributed by atoms with Gasteiger partial charge in [0.1, 0.15) is 0 Å². The number of hydrogen-bond acceptors (Lipinski definition) is 4. The molecule has 2 aromatic carbocycles. The Morgan fingerprint density at radius 3 is 2.68 bits per heavy atom. The van der Waals surface area contributed by atoms with Gasteiger partial charge in [-0.3, -0.25) is 4.79 Å². The highest BCUT2D eigenvalue weighted by molar-refractivity contribution is 7.98. The standard InChI is InChI=1S/C17H14N2OS2/c1-21-15-7-5-14(6-8-15)19-17(20)13-4-2-3-12(9-13)16-10-22-11-18-16/h2-11H,1H3,(H,19,20). The molecule has 0 aliphatic carbocycles. The molecule has 0 fully saturated rings. The Balaban J connectivity index is 1.78. The number of carbonyl (C=O) groups excluding carboxylic acids is 1. The minimum atomic E-state index is -0.117. The van der Waals surface area contributed by atoms with E-state index in [1.807, 2.05) is 60.2 Å². The lowest BCUT2D eigenvalue weighted by Crippen LogP contribution is -2.11. The van der Waals surface area contributed by atoms with Crippen molar-refractivity contribution >= 4 is 34.7 Å². The monoisotopic (exact) mass is 326 g/mol. The van der Waals surface area contributed by atoms with E-state index >= 15 is 0 Å². The number of nitrogens with zero attached hydrogens (tertiary/aromatic N) is 1. The van der Waals surface area contributed by atoms with Crippen LogP contribution in [0, 0.1) is 0 Å². The van der Waals surface area contributed by atoms with Gasteiger partial charge in [-0.2, -0.15) is 0 Å². The molecule has 5 heteroatoms. The van der Waals surface area contributed by atoms with E-state index in [0.717, 1.165) is 16.9 Å². The Morgan fingerprint density at radius 1 is 1.18 bits per heavy atom. The van der Waals surface area contributed by atoms with Crippen LogP contribution < -0.4 is 5.32 Å². The molecule has 0 saturated heterocycles. The maximum Gasteiger partial charge on any atom is 0.255 e. The van der Waals surface area contributed by atoms with Gasteiger partial charge in [-0.25, -0.2) is 4.98 Å². The van der Waals surface area contributed by atoms with Crippen LogP contribution in [0.15, 0.2) is 64.3 Å². The van der Waals surface area contributed by atoms with Crippen LogP contribution in [0.3, 0.4) is 0 Å². The van der Waals surface area contributed by atoms with Crippen LogP contribution in [-0.2, 0) is 0 Å². The van der Waals surface area contributed by atoms with E-state index in [1.165, 1.54) is 4.90 Å². The van der Waals surface area contributed by atoms with Crippen molar-refractivity contribution in [1.82, 2.24) is 4.98 Å². The molecule has 110 valence electrons. The molecule has 1 heterocycles. The third-order valence-corrected chi connectivity index (χ3v) is 4.53. The minimum Gasteiger partial charge on any atom is -0.322 e. The van der Waals surface area contributed by atoms with Crippen LogP contribution in [0.25, 0.3) is 11.3 Å². The molecule has 1 aromatic heterocycles. The molecule has 1 amide bonds. The Labute approximate surface area is 137 Å². The number of thiazole rings is 1. The Morgan fingerprint density at radius 2 is 2.00 bits per heavy atom. The number of nitrogens with one attached hydrogen (secondary N) is 1. The average Bonchev–Trinajstić information content (AvgIpc) is 3.10. The van der Waals surface area contributed by atoms with Gasteiger partial charge < -0.3 is 5.32 Å². The van der Waals surface area contributed by atoms with Gasteiger partial charge in [-0.15, -0.1) is 23.1 Å².